The van der Waals surface area contributed by atoms with Crippen LogP contribution < -0.4 is 14.8 Å². The lowest BCUT2D eigenvalue weighted by molar-refractivity contribution is -0.129. The second-order valence-electron chi connectivity index (χ2n) is 8.14. The molecule has 1 aliphatic rings. The summed E-state index contributed by atoms with van der Waals surface area (Å²) < 4.78 is 17.1. The van der Waals surface area contributed by atoms with Crippen LogP contribution in [0.25, 0.3) is 6.08 Å². The van der Waals surface area contributed by atoms with Gasteiger partial charge in [-0.3, -0.25) is 4.79 Å². The molecular weight excluding hydrogens is 480 g/mol. The molecule has 4 rings (SSSR count). The Balaban J connectivity index is 1.57. The lowest BCUT2D eigenvalue weighted by Crippen LogP contribution is -2.07. The highest BCUT2D eigenvalue weighted by molar-refractivity contribution is 6.32. The van der Waals surface area contributed by atoms with Crippen molar-refractivity contribution >= 4 is 41.1 Å². The van der Waals surface area contributed by atoms with Crippen molar-refractivity contribution in [1.29, 1.82) is 0 Å². The Morgan fingerprint density at radius 3 is 2.58 bits per heavy atom. The van der Waals surface area contributed by atoms with Crippen molar-refractivity contribution in [1.82, 2.24) is 0 Å². The van der Waals surface area contributed by atoms with E-state index in [9.17, 15) is 9.59 Å². The summed E-state index contributed by atoms with van der Waals surface area (Å²) in [6, 6.07) is 18.3. The molecule has 3 aromatic carbocycles. The number of rotatable bonds is 8. The zero-order valence-electron chi connectivity index (χ0n) is 20.1. The van der Waals surface area contributed by atoms with Gasteiger partial charge in [0, 0.05) is 18.2 Å². The van der Waals surface area contributed by atoms with Gasteiger partial charge in [0.1, 0.15) is 6.61 Å². The van der Waals surface area contributed by atoms with Gasteiger partial charge in [-0.2, -0.15) is 0 Å². The fourth-order valence-corrected chi connectivity index (χ4v) is 3.90. The number of anilines is 1. The Hall–Kier alpha value is -4.10. The Morgan fingerprint density at radius 1 is 1.11 bits per heavy atom. The van der Waals surface area contributed by atoms with Crippen LogP contribution in [0.5, 0.6) is 11.5 Å². The molecule has 184 valence electrons. The van der Waals surface area contributed by atoms with Crippen molar-refractivity contribution < 1.29 is 23.8 Å². The summed E-state index contributed by atoms with van der Waals surface area (Å²) in [6.07, 6.45) is 1.58. The second-order valence-corrected chi connectivity index (χ2v) is 8.54. The maximum absolute atomic E-state index is 12.5. The summed E-state index contributed by atoms with van der Waals surface area (Å²) in [5, 5.41) is 3.04. The Labute approximate surface area is 214 Å². The summed E-state index contributed by atoms with van der Waals surface area (Å²) in [6.45, 7) is 6.07. The molecule has 0 aliphatic carbocycles. The molecule has 0 unspecified atom stereocenters. The van der Waals surface area contributed by atoms with Gasteiger partial charge in [0.05, 0.1) is 11.6 Å². The number of ether oxygens (including phenoxy) is 3. The third-order valence-corrected chi connectivity index (χ3v) is 5.45. The van der Waals surface area contributed by atoms with E-state index in [0.717, 1.165) is 11.1 Å². The van der Waals surface area contributed by atoms with Gasteiger partial charge in [-0.05, 0) is 67.4 Å². The quantitative estimate of drug-likeness (QED) is 0.303. The number of aliphatic imine (C=N–C) groups is 1. The molecule has 3 aromatic rings. The van der Waals surface area contributed by atoms with E-state index in [1.54, 1.807) is 42.5 Å². The zero-order valence-corrected chi connectivity index (χ0v) is 20.9. The van der Waals surface area contributed by atoms with Gasteiger partial charge in [-0.25, -0.2) is 9.79 Å². The van der Waals surface area contributed by atoms with E-state index in [0.29, 0.717) is 46.5 Å². The number of hydrogen-bond acceptors (Lipinski definition) is 6. The number of amides is 1. The van der Waals surface area contributed by atoms with Crippen LogP contribution in [-0.4, -0.2) is 24.4 Å². The fourth-order valence-electron chi connectivity index (χ4n) is 3.62. The molecular formula is C28H25ClN2O5. The third kappa shape index (κ3) is 6.12. The summed E-state index contributed by atoms with van der Waals surface area (Å²) in [5.74, 6) is 0.321. The van der Waals surface area contributed by atoms with Crippen molar-refractivity contribution in [3.63, 3.8) is 0 Å². The largest absolute Gasteiger partial charge is 0.490 e. The molecule has 1 amide bonds. The average molecular weight is 505 g/mol. The topological polar surface area (TPSA) is 86.2 Å². The molecule has 0 saturated carbocycles. The van der Waals surface area contributed by atoms with Gasteiger partial charge in [-0.15, -0.1) is 0 Å². The second kappa shape index (κ2) is 11.1. The number of aryl methyl sites for hydroxylation is 1. The molecule has 0 aromatic heterocycles. The summed E-state index contributed by atoms with van der Waals surface area (Å²) in [4.78, 5) is 28.0. The van der Waals surface area contributed by atoms with Crippen LogP contribution in [-0.2, 0) is 20.9 Å². The highest BCUT2D eigenvalue weighted by atomic mass is 35.5. The smallest absolute Gasteiger partial charge is 0.363 e. The summed E-state index contributed by atoms with van der Waals surface area (Å²) in [5.41, 5.74) is 4.14. The number of esters is 1. The Kier molecular flexibility index (Phi) is 7.71. The fraction of sp³-hybridized carbons (Fsp3) is 0.179. The number of nitrogens with zero attached hydrogens (tertiary/aromatic N) is 1. The molecule has 0 radical (unpaired) electrons. The van der Waals surface area contributed by atoms with Crippen LogP contribution in [0.4, 0.5) is 5.69 Å². The van der Waals surface area contributed by atoms with Crippen LogP contribution in [0.15, 0.2) is 71.4 Å². The molecule has 1 heterocycles. The first kappa shape index (κ1) is 25.0. The monoisotopic (exact) mass is 504 g/mol. The Bertz CT molecular complexity index is 1360. The normalized spacial score (nSPS) is 13.8. The lowest BCUT2D eigenvalue weighted by atomic mass is 10.1. The van der Waals surface area contributed by atoms with E-state index in [1.165, 1.54) is 6.92 Å². The molecule has 0 fully saturated rings. The first-order valence-corrected chi connectivity index (χ1v) is 11.8. The number of carbonyl (C=O) groups is 2. The van der Waals surface area contributed by atoms with E-state index in [-0.39, 0.29) is 17.5 Å². The molecule has 0 saturated heterocycles. The van der Waals surface area contributed by atoms with Crippen molar-refractivity contribution in [2.24, 2.45) is 4.99 Å². The van der Waals surface area contributed by atoms with E-state index in [2.05, 4.69) is 10.3 Å². The standard InChI is InChI=1S/C28H25ClN2O5/c1-4-34-25-15-20(13-23(29)26(25)35-16-19-7-5-6-17(2)12-19)14-24-28(33)36-27(31-24)21-8-10-22(11-9-21)30-18(3)32/h5-15H,4,16H2,1-3H3,(H,30,32)/b24-14-. The number of benzene rings is 3. The van der Waals surface area contributed by atoms with E-state index in [1.807, 2.05) is 38.1 Å². The van der Waals surface area contributed by atoms with Gasteiger partial charge in [-0.1, -0.05) is 41.4 Å². The minimum absolute atomic E-state index is 0.128. The molecule has 1 N–H and O–H groups in total. The summed E-state index contributed by atoms with van der Waals surface area (Å²) >= 11 is 6.55. The van der Waals surface area contributed by atoms with E-state index >= 15 is 0 Å². The predicted octanol–water partition coefficient (Wildman–Crippen LogP) is 5.93. The van der Waals surface area contributed by atoms with Crippen LogP contribution in [0.2, 0.25) is 5.02 Å². The first-order chi connectivity index (χ1) is 17.3. The molecule has 0 atom stereocenters. The molecule has 7 nitrogen and oxygen atoms in total. The van der Waals surface area contributed by atoms with Crippen LogP contribution in [0, 0.1) is 6.92 Å². The van der Waals surface area contributed by atoms with Gasteiger partial charge in [0.25, 0.3) is 0 Å². The highest BCUT2D eigenvalue weighted by Crippen LogP contribution is 2.38. The third-order valence-electron chi connectivity index (χ3n) is 5.17. The molecule has 0 spiro atoms. The predicted molar refractivity (Wildman–Crippen MR) is 139 cm³/mol. The van der Waals surface area contributed by atoms with Crippen LogP contribution in [0.3, 0.4) is 0 Å². The molecule has 8 heteroatoms. The van der Waals surface area contributed by atoms with Gasteiger partial charge in [0.15, 0.2) is 17.2 Å². The minimum atomic E-state index is -0.579. The average Bonchev–Trinajstić information content (AvgIpc) is 3.19. The van der Waals surface area contributed by atoms with Crippen molar-refractivity contribution in [3.8, 4) is 11.5 Å². The van der Waals surface area contributed by atoms with E-state index < -0.39 is 5.97 Å². The minimum Gasteiger partial charge on any atom is -0.490 e. The highest BCUT2D eigenvalue weighted by Gasteiger charge is 2.24. The van der Waals surface area contributed by atoms with Crippen molar-refractivity contribution in [2.45, 2.75) is 27.4 Å². The number of cyclic esters (lactones) is 1. The first-order valence-electron chi connectivity index (χ1n) is 11.4. The van der Waals surface area contributed by atoms with Gasteiger partial charge < -0.3 is 19.5 Å². The lowest BCUT2D eigenvalue weighted by Gasteiger charge is -2.15. The maximum atomic E-state index is 12.5. The Morgan fingerprint density at radius 2 is 1.89 bits per heavy atom. The van der Waals surface area contributed by atoms with E-state index in [4.69, 9.17) is 25.8 Å². The summed E-state index contributed by atoms with van der Waals surface area (Å²) in [7, 11) is 0. The van der Waals surface area contributed by atoms with Crippen molar-refractivity contribution in [3.05, 3.63) is 93.6 Å². The number of nitrogens with one attached hydrogen (secondary N) is 1. The molecule has 36 heavy (non-hydrogen) atoms. The SMILES string of the molecule is CCOc1cc(/C=C2\N=C(c3ccc(NC(C)=O)cc3)OC2=O)cc(Cl)c1OCc1cccc(C)c1. The molecule has 1 aliphatic heterocycles. The van der Waals surface area contributed by atoms with Gasteiger partial charge in [0.2, 0.25) is 11.8 Å². The number of carbonyl (C=O) groups excluding carboxylic acids is 2. The number of hydrogen-bond donors (Lipinski definition) is 1. The number of halogens is 1. The molecule has 0 bridgehead atoms. The zero-order chi connectivity index (χ0) is 25.7. The van der Waals surface area contributed by atoms with Crippen LogP contribution in [0.1, 0.15) is 36.1 Å². The maximum Gasteiger partial charge on any atom is 0.363 e. The van der Waals surface area contributed by atoms with Crippen molar-refractivity contribution in [2.75, 3.05) is 11.9 Å². The van der Waals surface area contributed by atoms with Crippen LogP contribution >= 0.6 is 11.6 Å². The van der Waals surface area contributed by atoms with Gasteiger partial charge >= 0.3 is 5.97 Å².